The minimum atomic E-state index is -0.103. The Morgan fingerprint density at radius 1 is 0.536 bits per heavy atom. The van der Waals surface area contributed by atoms with Crippen molar-refractivity contribution in [3.63, 3.8) is 0 Å². The normalized spacial score (nSPS) is 13.9. The molecule has 0 spiro atoms. The number of carbonyl (C=O) groups is 1. The smallest absolute Gasteiger partial charge is 0.219 e. The number of aryl methyl sites for hydroxylation is 9. The molecule has 0 N–H and O–H groups in total. The van der Waals surface area contributed by atoms with E-state index < -0.39 is 0 Å². The Hall–Kier alpha value is -6.57. The van der Waals surface area contributed by atoms with E-state index in [4.69, 9.17) is 24.2 Å². The molecule has 5 aromatic heterocycles. The standard InChI is InChI=1S/C14H21NO.C14H17NO.C13H22N2.C11H17NO.C10H18N2.C9H16N2.C8H17NO.2C2H6/c2*1-9(2)16-14-10(3)11(4)15-13-8-6-5-7-12(13)14;1-9(2)15-10(3)14-11-7-6-8-13(4,5)12(11)15;1-7(2)13-11-6-8(3)12-10(5)9(11)4;1-7(2)12-8(3)10(5,6)11-9(12)4;1-6(2)11-8(4)7(3)10-9(11)5;1-6(2)9(7(3)4)8(5)10;2*1-2/h9H,5-8H2,1-4H3;5-9H,1-4H3;9H,6-8H2,1-5H3;6-7H,1-5H3;7H,3H2,1-2,4-6H3;6H,1-5H3;6-7H,1-5H3;2*1-2H3. The van der Waals surface area contributed by atoms with E-state index in [0.717, 1.165) is 97.9 Å². The van der Waals surface area contributed by atoms with Crippen LogP contribution < -0.4 is 14.2 Å². The molecule has 0 fully saturated rings. The number of aromatic nitrogens is 7. The molecule has 0 radical (unpaired) electrons. The number of benzene rings is 1. The largest absolute Gasteiger partial charge is 0.491 e. The first-order chi connectivity index (χ1) is 45.0. The molecule has 2 aliphatic carbocycles. The second kappa shape index (κ2) is 40.5. The molecule has 1 aromatic carbocycles. The third-order valence-electron chi connectivity index (χ3n) is 17.3. The van der Waals surface area contributed by atoms with Crippen LogP contribution in [0.2, 0.25) is 0 Å². The molecule has 9 rings (SSSR count). The average molecular weight is 1340 g/mol. The summed E-state index contributed by atoms with van der Waals surface area (Å²) in [6.45, 7) is 80.9. The number of fused-ring (bicyclic) bond motifs is 3. The zero-order valence-electron chi connectivity index (χ0n) is 68.8. The van der Waals surface area contributed by atoms with Crippen molar-refractivity contribution in [2.45, 2.75) is 361 Å². The van der Waals surface area contributed by atoms with Gasteiger partial charge >= 0.3 is 0 Å². The van der Waals surface area contributed by atoms with Gasteiger partial charge in [0, 0.05) is 122 Å². The van der Waals surface area contributed by atoms with E-state index in [-0.39, 0.29) is 29.8 Å². The third kappa shape index (κ3) is 25.6. The Morgan fingerprint density at radius 3 is 1.44 bits per heavy atom. The van der Waals surface area contributed by atoms with Crippen molar-refractivity contribution in [3.05, 3.63) is 128 Å². The van der Waals surface area contributed by atoms with E-state index in [9.17, 15) is 4.79 Å². The predicted octanol–water partition coefficient (Wildman–Crippen LogP) is 21.7. The van der Waals surface area contributed by atoms with Crippen LogP contribution >= 0.6 is 0 Å². The maximum atomic E-state index is 11.0. The van der Waals surface area contributed by atoms with Gasteiger partial charge in [-0.1, -0.05) is 60.3 Å². The highest BCUT2D eigenvalue weighted by molar-refractivity contribution is 5.87. The number of pyridine rings is 3. The van der Waals surface area contributed by atoms with Crippen LogP contribution in [0.5, 0.6) is 17.2 Å². The van der Waals surface area contributed by atoms with Gasteiger partial charge < -0.3 is 33.1 Å². The van der Waals surface area contributed by atoms with Crippen molar-refractivity contribution >= 4 is 22.6 Å². The summed E-state index contributed by atoms with van der Waals surface area (Å²) in [4.78, 5) is 42.3. The summed E-state index contributed by atoms with van der Waals surface area (Å²) in [5.74, 6) is 6.58. The Bertz CT molecular complexity index is 3430. The molecule has 14 heteroatoms. The molecule has 6 heterocycles. The summed E-state index contributed by atoms with van der Waals surface area (Å²) >= 11 is 0. The number of para-hydroxylation sites is 1. The maximum absolute atomic E-state index is 11.0. The van der Waals surface area contributed by atoms with Gasteiger partial charge in [-0.3, -0.25) is 24.7 Å². The van der Waals surface area contributed by atoms with E-state index in [1.807, 2.05) is 147 Å². The molecule has 0 bridgehead atoms. The number of hydrogen-bond donors (Lipinski definition) is 0. The molecule has 0 unspecified atom stereocenters. The van der Waals surface area contributed by atoms with Crippen molar-refractivity contribution < 1.29 is 19.0 Å². The van der Waals surface area contributed by atoms with Gasteiger partial charge in [-0.05, 0) is 265 Å². The van der Waals surface area contributed by atoms with Gasteiger partial charge in [0.1, 0.15) is 34.7 Å². The monoisotopic (exact) mass is 1340 g/mol. The molecule has 97 heavy (non-hydrogen) atoms. The molecule has 546 valence electrons. The number of amidine groups is 1. The van der Waals surface area contributed by atoms with Crippen LogP contribution in [0, 0.1) is 76.2 Å². The molecular formula is C83H140N10O4. The van der Waals surface area contributed by atoms with Gasteiger partial charge in [0.15, 0.2) is 0 Å². The van der Waals surface area contributed by atoms with E-state index in [1.165, 1.54) is 71.8 Å². The average Bonchev–Trinajstić information content (AvgIpc) is 1.62. The number of hydrogen-bond acceptors (Lipinski definition) is 11. The zero-order chi connectivity index (χ0) is 75.1. The van der Waals surface area contributed by atoms with Crippen molar-refractivity contribution in [1.82, 2.24) is 43.9 Å². The summed E-state index contributed by atoms with van der Waals surface area (Å²) in [6, 6.07) is 12.2. The lowest BCUT2D eigenvalue weighted by Gasteiger charge is -2.32. The Labute approximate surface area is 593 Å². The van der Waals surface area contributed by atoms with Crippen LogP contribution in [-0.4, -0.2) is 97.6 Å². The number of amides is 1. The van der Waals surface area contributed by atoms with Crippen molar-refractivity contribution in [2.75, 3.05) is 0 Å². The van der Waals surface area contributed by atoms with E-state index in [0.29, 0.717) is 35.6 Å². The summed E-state index contributed by atoms with van der Waals surface area (Å²) in [6.07, 6.45) is 9.17. The van der Waals surface area contributed by atoms with Gasteiger partial charge in [0.2, 0.25) is 5.91 Å². The third-order valence-corrected chi connectivity index (χ3v) is 17.3. The fraction of sp³-hybridized carbons (Fsp3) is 0.651. The van der Waals surface area contributed by atoms with E-state index in [1.54, 1.807) is 6.92 Å². The fourth-order valence-electron chi connectivity index (χ4n) is 12.9. The van der Waals surface area contributed by atoms with Gasteiger partial charge in [0.25, 0.3) is 0 Å². The van der Waals surface area contributed by atoms with Crippen molar-refractivity contribution in [3.8, 4) is 17.2 Å². The minimum Gasteiger partial charge on any atom is -0.491 e. The summed E-state index contributed by atoms with van der Waals surface area (Å²) in [5.41, 5.74) is 17.9. The highest BCUT2D eigenvalue weighted by Gasteiger charge is 2.35. The number of ether oxygens (including phenoxy) is 3. The number of imidazole rings is 2. The van der Waals surface area contributed by atoms with Gasteiger partial charge in [0.05, 0.1) is 40.8 Å². The van der Waals surface area contributed by atoms with Crippen LogP contribution in [0.3, 0.4) is 0 Å². The fourth-order valence-corrected chi connectivity index (χ4v) is 12.9. The highest BCUT2D eigenvalue weighted by Crippen LogP contribution is 2.39. The van der Waals surface area contributed by atoms with Crippen LogP contribution in [0.4, 0.5) is 0 Å². The molecule has 1 amide bonds. The van der Waals surface area contributed by atoms with Crippen LogP contribution in [0.25, 0.3) is 10.9 Å². The van der Waals surface area contributed by atoms with E-state index in [2.05, 4.69) is 178 Å². The first kappa shape index (κ1) is 88.4. The predicted molar refractivity (Wildman–Crippen MR) is 416 cm³/mol. The molecule has 0 saturated carbocycles. The minimum absolute atomic E-state index is 0.103. The Balaban J connectivity index is 0.000000564. The van der Waals surface area contributed by atoms with Gasteiger partial charge in [-0.25, -0.2) is 9.97 Å². The van der Waals surface area contributed by atoms with Crippen molar-refractivity contribution in [2.24, 2.45) is 4.99 Å². The quantitative estimate of drug-likeness (QED) is 0.123. The number of rotatable bonds is 11. The first-order valence-electron chi connectivity index (χ1n) is 36.7. The van der Waals surface area contributed by atoms with Gasteiger partial charge in [-0.15, -0.1) is 0 Å². The number of aliphatic imine (C=N–C) groups is 1. The van der Waals surface area contributed by atoms with Crippen LogP contribution in [0.15, 0.2) is 47.6 Å². The summed E-state index contributed by atoms with van der Waals surface area (Å²) in [5, 5.41) is 1.10. The lowest BCUT2D eigenvalue weighted by atomic mass is 9.77. The molecule has 6 aromatic rings. The van der Waals surface area contributed by atoms with Crippen LogP contribution in [-0.2, 0) is 29.5 Å². The lowest BCUT2D eigenvalue weighted by molar-refractivity contribution is -0.132. The number of carbonyl (C=O) groups excluding carboxylic acids is 1. The first-order valence-corrected chi connectivity index (χ1v) is 36.7. The second-order valence-corrected chi connectivity index (χ2v) is 29.1. The Kier molecular flexibility index (Phi) is 36.9. The highest BCUT2D eigenvalue weighted by atomic mass is 16.5. The summed E-state index contributed by atoms with van der Waals surface area (Å²) < 4.78 is 22.2. The van der Waals surface area contributed by atoms with Gasteiger partial charge in [-0.2, -0.15) is 0 Å². The lowest BCUT2D eigenvalue weighted by Crippen LogP contribution is -2.40. The SMILES string of the molecule is C=C1N(C(C)C)C(C)=NC1(C)C.CC.CC.CC(=O)N(C(C)C)C(C)C.Cc1cc(OC(C)C)c(C)c(C)n1.Cc1nc(C)n(C(C)C)c1C.Cc1nc2c(c(OC(C)C)c1C)CCCC2.Cc1nc2c(n1C(C)C)C(C)(C)CCC2.Cc1nc2ccccc2c(OC(C)C)c1C. The molecule has 0 atom stereocenters. The Morgan fingerprint density at radius 2 is 1.01 bits per heavy atom. The zero-order valence-corrected chi connectivity index (χ0v) is 68.8. The molecule has 0 saturated heterocycles. The topological polar surface area (TPSA) is 138 Å². The number of nitrogens with zero attached hydrogens (tertiary/aromatic N) is 10. The molecule has 14 nitrogen and oxygen atoms in total. The van der Waals surface area contributed by atoms with Crippen LogP contribution in [0.1, 0.15) is 303 Å². The molecular weight excluding hydrogens is 1200 g/mol. The molecule has 1 aliphatic heterocycles. The van der Waals surface area contributed by atoms with E-state index >= 15 is 0 Å². The summed E-state index contributed by atoms with van der Waals surface area (Å²) in [7, 11) is 0. The second-order valence-electron chi connectivity index (χ2n) is 29.1. The maximum Gasteiger partial charge on any atom is 0.219 e. The van der Waals surface area contributed by atoms with Crippen molar-refractivity contribution in [1.29, 1.82) is 0 Å². The molecule has 3 aliphatic rings.